The molecule has 0 radical (unpaired) electrons. The highest BCUT2D eigenvalue weighted by Crippen LogP contribution is 2.22. The molecule has 7 heteroatoms. The van der Waals surface area contributed by atoms with Crippen molar-refractivity contribution in [2.24, 2.45) is 0 Å². The molecule has 0 aliphatic heterocycles. The van der Waals surface area contributed by atoms with Gasteiger partial charge < -0.3 is 10.0 Å². The fourth-order valence-electron chi connectivity index (χ4n) is 2.50. The van der Waals surface area contributed by atoms with E-state index in [1.807, 2.05) is 26.1 Å². The zero-order valence-electron chi connectivity index (χ0n) is 13.5. The number of hydrogen-bond acceptors (Lipinski definition) is 3. The summed E-state index contributed by atoms with van der Waals surface area (Å²) in [6.07, 6.45) is 3.33. The molecule has 0 saturated heterocycles. The number of aliphatic carboxylic acids is 1. The van der Waals surface area contributed by atoms with E-state index in [9.17, 15) is 9.59 Å². The largest absolute Gasteiger partial charge is 0.481 e. The van der Waals surface area contributed by atoms with Crippen molar-refractivity contribution in [3.63, 3.8) is 0 Å². The molecule has 0 spiro atoms. The summed E-state index contributed by atoms with van der Waals surface area (Å²) in [7, 11) is 1.62. The highest BCUT2D eigenvalue weighted by molar-refractivity contribution is 9.10. The molecule has 0 aliphatic carbocycles. The van der Waals surface area contributed by atoms with E-state index in [4.69, 9.17) is 5.11 Å². The van der Waals surface area contributed by atoms with E-state index >= 15 is 0 Å². The number of imidazole rings is 1. The molecule has 0 unspecified atom stereocenters. The highest BCUT2D eigenvalue weighted by atomic mass is 79.9. The molecule has 23 heavy (non-hydrogen) atoms. The van der Waals surface area contributed by atoms with E-state index in [-0.39, 0.29) is 18.9 Å². The smallest absolute Gasteiger partial charge is 0.305 e. The van der Waals surface area contributed by atoms with Gasteiger partial charge in [0.2, 0.25) is 0 Å². The molecule has 2 aromatic heterocycles. The molecule has 0 fully saturated rings. The Bertz CT molecular complexity index is 755. The lowest BCUT2D eigenvalue weighted by molar-refractivity contribution is -0.137. The van der Waals surface area contributed by atoms with Crippen LogP contribution in [0.3, 0.4) is 0 Å². The van der Waals surface area contributed by atoms with Crippen molar-refractivity contribution in [3.05, 3.63) is 33.7 Å². The topological polar surface area (TPSA) is 74.9 Å². The van der Waals surface area contributed by atoms with Gasteiger partial charge in [-0.15, -0.1) is 0 Å². The molecule has 124 valence electrons. The third kappa shape index (κ3) is 3.72. The van der Waals surface area contributed by atoms with Crippen LogP contribution in [0.4, 0.5) is 0 Å². The van der Waals surface area contributed by atoms with Gasteiger partial charge in [-0.05, 0) is 40.9 Å². The second-order valence-electron chi connectivity index (χ2n) is 5.56. The van der Waals surface area contributed by atoms with E-state index in [0.717, 1.165) is 27.8 Å². The first-order chi connectivity index (χ1) is 10.8. The minimum absolute atomic E-state index is 0.0786. The molecular weight excluding hydrogens is 362 g/mol. The maximum Gasteiger partial charge on any atom is 0.305 e. The molecule has 6 nitrogen and oxygen atoms in total. The molecule has 2 rings (SSSR count). The number of pyridine rings is 1. The summed E-state index contributed by atoms with van der Waals surface area (Å²) in [5.74, 6) is -1.13. The van der Waals surface area contributed by atoms with E-state index < -0.39 is 5.97 Å². The fraction of sp³-hybridized carbons (Fsp3) is 0.438. The zero-order chi connectivity index (χ0) is 17.1. The van der Waals surface area contributed by atoms with Crippen molar-refractivity contribution < 1.29 is 14.7 Å². The average molecular weight is 382 g/mol. The van der Waals surface area contributed by atoms with Gasteiger partial charge in [-0.25, -0.2) is 4.98 Å². The van der Waals surface area contributed by atoms with Gasteiger partial charge >= 0.3 is 5.97 Å². The molecule has 0 atom stereocenters. The van der Waals surface area contributed by atoms with Crippen molar-refractivity contribution >= 4 is 33.5 Å². The second kappa shape index (κ2) is 7.12. The monoisotopic (exact) mass is 381 g/mol. The minimum atomic E-state index is -0.921. The minimum Gasteiger partial charge on any atom is -0.481 e. The number of hydrogen-bond donors (Lipinski definition) is 1. The number of carboxylic acid groups (broad SMARTS) is 1. The standard InChI is InChI=1S/C16H20BrN3O3/c1-4-5-12-14(16(23)19(3)7-6-13(21)22)20-9-11(17)8-10(2)15(20)18-12/h8-9H,4-7H2,1-3H3,(H,21,22). The number of amides is 1. The number of carbonyl (C=O) groups excluding carboxylic acids is 1. The summed E-state index contributed by atoms with van der Waals surface area (Å²) in [5, 5.41) is 8.80. The van der Waals surface area contributed by atoms with Gasteiger partial charge in [0.05, 0.1) is 12.1 Å². The Labute approximate surface area is 143 Å². The summed E-state index contributed by atoms with van der Waals surface area (Å²) >= 11 is 3.45. The summed E-state index contributed by atoms with van der Waals surface area (Å²) in [6.45, 7) is 4.15. The van der Waals surface area contributed by atoms with Crippen molar-refractivity contribution in [2.45, 2.75) is 33.1 Å². The molecule has 1 amide bonds. The number of fused-ring (bicyclic) bond motifs is 1. The van der Waals surface area contributed by atoms with Gasteiger partial charge in [0.25, 0.3) is 5.91 Å². The Hall–Kier alpha value is -1.89. The van der Waals surface area contributed by atoms with Crippen LogP contribution in [0, 0.1) is 6.92 Å². The van der Waals surface area contributed by atoms with Gasteiger partial charge in [0, 0.05) is 24.3 Å². The fourth-order valence-corrected chi connectivity index (χ4v) is 3.05. The maximum atomic E-state index is 12.8. The first-order valence-corrected chi connectivity index (χ1v) is 8.28. The molecular formula is C16H20BrN3O3. The van der Waals surface area contributed by atoms with Crippen LogP contribution < -0.4 is 0 Å². The van der Waals surface area contributed by atoms with E-state index in [1.54, 1.807) is 11.4 Å². The first-order valence-electron chi connectivity index (χ1n) is 7.49. The van der Waals surface area contributed by atoms with Crippen molar-refractivity contribution in [2.75, 3.05) is 13.6 Å². The lowest BCUT2D eigenvalue weighted by Crippen LogP contribution is -2.30. The Morgan fingerprint density at radius 2 is 2.13 bits per heavy atom. The Morgan fingerprint density at radius 3 is 2.74 bits per heavy atom. The van der Waals surface area contributed by atoms with E-state index in [1.165, 1.54) is 4.90 Å². The molecule has 2 aromatic rings. The lowest BCUT2D eigenvalue weighted by Gasteiger charge is -2.16. The number of aryl methyl sites for hydroxylation is 2. The van der Waals surface area contributed by atoms with Crippen LogP contribution in [0.1, 0.15) is 41.5 Å². The summed E-state index contributed by atoms with van der Waals surface area (Å²) in [5.41, 5.74) is 3.00. The van der Waals surface area contributed by atoms with Crippen LogP contribution in [0.15, 0.2) is 16.7 Å². The molecule has 1 N–H and O–H groups in total. The summed E-state index contributed by atoms with van der Waals surface area (Å²) in [4.78, 5) is 29.6. The van der Waals surface area contributed by atoms with E-state index in [2.05, 4.69) is 20.9 Å². The number of rotatable bonds is 6. The first kappa shape index (κ1) is 17.5. The Balaban J connectivity index is 2.50. The third-order valence-electron chi connectivity index (χ3n) is 3.64. The summed E-state index contributed by atoms with van der Waals surface area (Å²) < 4.78 is 2.66. The predicted octanol–water partition coefficient (Wildman–Crippen LogP) is 2.90. The number of carboxylic acids is 1. The lowest BCUT2D eigenvalue weighted by atomic mass is 10.2. The molecule has 0 aliphatic rings. The molecule has 0 saturated carbocycles. The van der Waals surface area contributed by atoms with Crippen LogP contribution in [0.2, 0.25) is 0 Å². The van der Waals surface area contributed by atoms with Gasteiger partial charge in [0.15, 0.2) is 0 Å². The van der Waals surface area contributed by atoms with Gasteiger partial charge in [0.1, 0.15) is 11.3 Å². The van der Waals surface area contributed by atoms with Crippen molar-refractivity contribution in [1.82, 2.24) is 14.3 Å². The van der Waals surface area contributed by atoms with E-state index in [0.29, 0.717) is 12.1 Å². The van der Waals surface area contributed by atoms with Crippen molar-refractivity contribution in [3.8, 4) is 0 Å². The maximum absolute atomic E-state index is 12.8. The normalized spacial score (nSPS) is 11.0. The SMILES string of the molecule is CCCc1nc2c(C)cc(Br)cn2c1C(=O)N(C)CCC(=O)O. The highest BCUT2D eigenvalue weighted by Gasteiger charge is 2.23. The Morgan fingerprint density at radius 1 is 1.43 bits per heavy atom. The zero-order valence-corrected chi connectivity index (χ0v) is 15.1. The number of halogens is 1. The predicted molar refractivity (Wildman–Crippen MR) is 90.8 cm³/mol. The number of nitrogens with zero attached hydrogens (tertiary/aromatic N) is 3. The molecule has 0 bridgehead atoms. The summed E-state index contributed by atoms with van der Waals surface area (Å²) in [6, 6.07) is 1.96. The molecule has 0 aromatic carbocycles. The average Bonchev–Trinajstić information content (AvgIpc) is 2.82. The van der Waals surface area contributed by atoms with Gasteiger partial charge in [-0.2, -0.15) is 0 Å². The van der Waals surface area contributed by atoms with Crippen LogP contribution in [0.5, 0.6) is 0 Å². The number of carbonyl (C=O) groups is 2. The van der Waals surface area contributed by atoms with Crippen LogP contribution in [-0.2, 0) is 11.2 Å². The second-order valence-corrected chi connectivity index (χ2v) is 6.48. The number of aromatic nitrogens is 2. The Kier molecular flexibility index (Phi) is 5.41. The van der Waals surface area contributed by atoms with Gasteiger partial charge in [-0.1, -0.05) is 13.3 Å². The third-order valence-corrected chi connectivity index (χ3v) is 4.07. The quantitative estimate of drug-likeness (QED) is 0.834. The van der Waals surface area contributed by atoms with Crippen LogP contribution in [0.25, 0.3) is 5.65 Å². The van der Waals surface area contributed by atoms with Crippen LogP contribution >= 0.6 is 15.9 Å². The van der Waals surface area contributed by atoms with Gasteiger partial charge in [-0.3, -0.25) is 14.0 Å². The van der Waals surface area contributed by atoms with Crippen LogP contribution in [-0.4, -0.2) is 44.9 Å². The molecule has 2 heterocycles. The van der Waals surface area contributed by atoms with Crippen molar-refractivity contribution in [1.29, 1.82) is 0 Å².